The Morgan fingerprint density at radius 2 is 2.06 bits per heavy atom. The number of nitrogens with one attached hydrogen (secondary N) is 1. The van der Waals surface area contributed by atoms with Gasteiger partial charge in [0.25, 0.3) is 5.91 Å². The van der Waals surface area contributed by atoms with Crippen LogP contribution in [0.5, 0.6) is 0 Å². The second-order valence-electron chi connectivity index (χ2n) is 3.68. The first-order valence-corrected chi connectivity index (χ1v) is 5.58. The number of hydrogen-bond donors (Lipinski definition) is 2. The molecule has 0 saturated heterocycles. The Bertz CT molecular complexity index is 435. The first kappa shape index (κ1) is 14.6. The largest absolute Gasteiger partial charge is 0.398 e. The van der Waals surface area contributed by atoms with Crippen LogP contribution in [0, 0.1) is 0 Å². The molecule has 3 nitrogen and oxygen atoms in total. The molecule has 1 aromatic rings. The topological polar surface area (TPSA) is 55.1 Å². The van der Waals surface area contributed by atoms with E-state index in [0.29, 0.717) is 0 Å². The van der Waals surface area contributed by atoms with Gasteiger partial charge in [0.05, 0.1) is 16.3 Å². The third kappa shape index (κ3) is 4.44. The van der Waals surface area contributed by atoms with E-state index in [9.17, 15) is 18.0 Å². The van der Waals surface area contributed by atoms with Crippen molar-refractivity contribution in [3.8, 4) is 0 Å². The van der Waals surface area contributed by atoms with Crippen LogP contribution in [0.15, 0.2) is 18.2 Å². The minimum atomic E-state index is -4.21. The molecule has 1 rings (SSSR count). The maximum absolute atomic E-state index is 11.9. The molecule has 0 aliphatic rings. The van der Waals surface area contributed by atoms with Gasteiger partial charge in [0, 0.05) is 13.0 Å². The van der Waals surface area contributed by atoms with Crippen molar-refractivity contribution in [2.75, 3.05) is 12.3 Å². The molecule has 0 saturated carbocycles. The highest BCUT2D eigenvalue weighted by atomic mass is 35.5. The fraction of sp³-hybridized carbons (Fsp3) is 0.364. The van der Waals surface area contributed by atoms with Crippen molar-refractivity contribution < 1.29 is 18.0 Å². The number of carbonyl (C=O) groups is 1. The van der Waals surface area contributed by atoms with Crippen molar-refractivity contribution in [3.63, 3.8) is 0 Å². The summed E-state index contributed by atoms with van der Waals surface area (Å²) in [5.41, 5.74) is 5.92. The number of amides is 1. The Balaban J connectivity index is 2.49. The van der Waals surface area contributed by atoms with Crippen LogP contribution in [0.25, 0.3) is 0 Å². The molecule has 0 bridgehead atoms. The number of nitrogen functional groups attached to an aromatic ring is 1. The fourth-order valence-electron chi connectivity index (χ4n) is 1.31. The standard InChI is InChI=1S/C11H12ClF3N2O/c12-9-7(3-1-4-8(9)16)10(18)17-6-2-5-11(13,14)15/h1,3-4H,2,5-6,16H2,(H,17,18). The summed E-state index contributed by atoms with van der Waals surface area (Å²) in [4.78, 5) is 11.6. The predicted octanol–water partition coefficient (Wildman–Crippen LogP) is 2.99. The van der Waals surface area contributed by atoms with E-state index in [4.69, 9.17) is 17.3 Å². The second-order valence-corrected chi connectivity index (χ2v) is 4.06. The van der Waals surface area contributed by atoms with E-state index >= 15 is 0 Å². The summed E-state index contributed by atoms with van der Waals surface area (Å²) in [5, 5.41) is 2.46. The van der Waals surface area contributed by atoms with Crippen molar-refractivity contribution in [3.05, 3.63) is 28.8 Å². The zero-order chi connectivity index (χ0) is 13.8. The highest BCUT2D eigenvalue weighted by molar-refractivity contribution is 6.36. The highest BCUT2D eigenvalue weighted by Gasteiger charge is 2.26. The van der Waals surface area contributed by atoms with Crippen molar-refractivity contribution in [1.82, 2.24) is 5.32 Å². The van der Waals surface area contributed by atoms with Gasteiger partial charge in [0.2, 0.25) is 0 Å². The van der Waals surface area contributed by atoms with Crippen LogP contribution in [-0.2, 0) is 0 Å². The molecule has 0 spiro atoms. The number of anilines is 1. The first-order chi connectivity index (χ1) is 8.31. The number of halogens is 4. The van der Waals surface area contributed by atoms with E-state index in [1.54, 1.807) is 6.07 Å². The molecule has 0 aliphatic carbocycles. The summed E-state index contributed by atoms with van der Waals surface area (Å²) < 4.78 is 35.6. The molecule has 3 N–H and O–H groups in total. The first-order valence-electron chi connectivity index (χ1n) is 5.20. The van der Waals surface area contributed by atoms with Gasteiger partial charge in [-0.2, -0.15) is 13.2 Å². The van der Waals surface area contributed by atoms with Gasteiger partial charge in [0.15, 0.2) is 0 Å². The molecular formula is C11H12ClF3N2O. The van der Waals surface area contributed by atoms with Crippen molar-refractivity contribution in [2.45, 2.75) is 19.0 Å². The van der Waals surface area contributed by atoms with Gasteiger partial charge < -0.3 is 11.1 Å². The summed E-state index contributed by atoms with van der Waals surface area (Å²) in [6, 6.07) is 4.53. The number of hydrogen-bond acceptors (Lipinski definition) is 2. The molecule has 0 atom stereocenters. The summed E-state index contributed by atoms with van der Waals surface area (Å²) in [6.07, 6.45) is -5.31. The van der Waals surface area contributed by atoms with Crippen LogP contribution < -0.4 is 11.1 Å². The van der Waals surface area contributed by atoms with Gasteiger partial charge in [-0.25, -0.2) is 0 Å². The van der Waals surface area contributed by atoms with Gasteiger partial charge >= 0.3 is 6.18 Å². The van der Waals surface area contributed by atoms with E-state index in [0.717, 1.165) is 0 Å². The Kier molecular flexibility index (Phi) is 4.84. The number of rotatable bonds is 4. The smallest absolute Gasteiger partial charge is 0.389 e. The number of alkyl halides is 3. The third-order valence-electron chi connectivity index (χ3n) is 2.20. The lowest BCUT2D eigenvalue weighted by molar-refractivity contribution is -0.135. The Labute approximate surface area is 107 Å². The van der Waals surface area contributed by atoms with E-state index in [2.05, 4.69) is 5.32 Å². The maximum Gasteiger partial charge on any atom is 0.389 e. The molecule has 100 valence electrons. The van der Waals surface area contributed by atoms with E-state index in [1.165, 1.54) is 12.1 Å². The predicted molar refractivity (Wildman–Crippen MR) is 63.5 cm³/mol. The van der Waals surface area contributed by atoms with Crippen LogP contribution in [0.1, 0.15) is 23.2 Å². The zero-order valence-corrected chi connectivity index (χ0v) is 10.1. The molecule has 1 amide bonds. The lowest BCUT2D eigenvalue weighted by atomic mass is 10.2. The summed E-state index contributed by atoms with van der Waals surface area (Å²) in [6.45, 7) is -0.0660. The summed E-state index contributed by atoms with van der Waals surface area (Å²) >= 11 is 5.81. The van der Waals surface area contributed by atoms with E-state index in [-0.39, 0.29) is 29.2 Å². The molecule has 0 unspecified atom stereocenters. The quantitative estimate of drug-likeness (QED) is 0.658. The minimum Gasteiger partial charge on any atom is -0.398 e. The molecule has 18 heavy (non-hydrogen) atoms. The molecule has 0 heterocycles. The Hall–Kier alpha value is -1.43. The molecule has 0 fully saturated rings. The minimum absolute atomic E-state index is 0.0660. The molecular weight excluding hydrogens is 269 g/mol. The van der Waals surface area contributed by atoms with Crippen LogP contribution >= 0.6 is 11.6 Å². The molecule has 1 aromatic carbocycles. The molecule has 7 heteroatoms. The second kappa shape index (κ2) is 5.95. The van der Waals surface area contributed by atoms with Gasteiger partial charge in [-0.15, -0.1) is 0 Å². The van der Waals surface area contributed by atoms with Crippen molar-refractivity contribution in [2.24, 2.45) is 0 Å². The van der Waals surface area contributed by atoms with E-state index < -0.39 is 18.5 Å². The van der Waals surface area contributed by atoms with Crippen LogP contribution in [-0.4, -0.2) is 18.6 Å². The maximum atomic E-state index is 11.9. The summed E-state index contributed by atoms with van der Waals surface area (Å²) in [7, 11) is 0. The number of carbonyl (C=O) groups excluding carboxylic acids is 1. The Morgan fingerprint density at radius 1 is 1.39 bits per heavy atom. The summed E-state index contributed by atoms with van der Waals surface area (Å²) in [5.74, 6) is -0.533. The van der Waals surface area contributed by atoms with Crippen LogP contribution in [0.4, 0.5) is 18.9 Å². The zero-order valence-electron chi connectivity index (χ0n) is 9.35. The van der Waals surface area contributed by atoms with Crippen molar-refractivity contribution in [1.29, 1.82) is 0 Å². The van der Waals surface area contributed by atoms with Gasteiger partial charge in [-0.05, 0) is 18.6 Å². The SMILES string of the molecule is Nc1cccc(C(=O)NCCCC(F)(F)F)c1Cl. The average Bonchev–Trinajstić information content (AvgIpc) is 2.26. The fourth-order valence-corrected chi connectivity index (χ4v) is 1.52. The lowest BCUT2D eigenvalue weighted by Crippen LogP contribution is -2.26. The van der Waals surface area contributed by atoms with E-state index in [1.807, 2.05) is 0 Å². The molecule has 0 aromatic heterocycles. The highest BCUT2D eigenvalue weighted by Crippen LogP contribution is 2.23. The number of benzene rings is 1. The third-order valence-corrected chi connectivity index (χ3v) is 2.62. The van der Waals surface area contributed by atoms with Crippen LogP contribution in [0.2, 0.25) is 5.02 Å². The molecule has 0 aliphatic heterocycles. The van der Waals surface area contributed by atoms with Crippen molar-refractivity contribution >= 4 is 23.2 Å². The van der Waals surface area contributed by atoms with Gasteiger partial charge in [-0.3, -0.25) is 4.79 Å². The normalized spacial score (nSPS) is 11.3. The Morgan fingerprint density at radius 3 is 2.67 bits per heavy atom. The van der Waals surface area contributed by atoms with Crippen LogP contribution in [0.3, 0.4) is 0 Å². The van der Waals surface area contributed by atoms with Gasteiger partial charge in [0.1, 0.15) is 0 Å². The van der Waals surface area contributed by atoms with Gasteiger partial charge in [-0.1, -0.05) is 17.7 Å². The lowest BCUT2D eigenvalue weighted by Gasteiger charge is -2.09. The monoisotopic (exact) mass is 280 g/mol. The number of nitrogens with two attached hydrogens (primary N) is 1. The average molecular weight is 281 g/mol. The molecule has 0 radical (unpaired) electrons.